The third-order valence-electron chi connectivity index (χ3n) is 4.10. The van der Waals surface area contributed by atoms with Crippen LogP contribution >= 0.6 is 0 Å². The van der Waals surface area contributed by atoms with Crippen LogP contribution < -0.4 is 5.32 Å². The Morgan fingerprint density at radius 2 is 1.95 bits per heavy atom. The van der Waals surface area contributed by atoms with Gasteiger partial charge in [0.15, 0.2) is 0 Å². The fourth-order valence-corrected chi connectivity index (χ4v) is 2.67. The van der Waals surface area contributed by atoms with E-state index in [1.165, 1.54) is 24.8 Å². The molecule has 2 heteroatoms. The zero-order valence-electron chi connectivity index (χ0n) is 13.0. The quantitative estimate of drug-likeness (QED) is 0.686. The van der Waals surface area contributed by atoms with Gasteiger partial charge in [-0.25, -0.2) is 0 Å². The van der Waals surface area contributed by atoms with Crippen LogP contribution in [0.1, 0.15) is 57.6 Å². The van der Waals surface area contributed by atoms with Gasteiger partial charge in [-0.1, -0.05) is 57.0 Å². The van der Waals surface area contributed by atoms with Gasteiger partial charge in [0.25, 0.3) is 0 Å². The Labute approximate surface area is 123 Å². The average molecular weight is 275 g/mol. The lowest BCUT2D eigenvalue weighted by molar-refractivity contribution is 0.0201. The van der Waals surface area contributed by atoms with Gasteiger partial charge in [-0.05, 0) is 37.3 Å². The molecule has 0 aliphatic heterocycles. The summed E-state index contributed by atoms with van der Waals surface area (Å²) < 4.78 is 6.19. The molecule has 0 bridgehead atoms. The Morgan fingerprint density at radius 1 is 1.20 bits per heavy atom. The Bertz CT molecular complexity index is 361. The normalized spacial score (nSPS) is 17.9. The van der Waals surface area contributed by atoms with E-state index in [-0.39, 0.29) is 6.10 Å². The largest absolute Gasteiger partial charge is 0.376 e. The molecule has 1 N–H and O–H groups in total. The lowest BCUT2D eigenvalue weighted by atomic mass is 9.99. The fraction of sp³-hybridized carbons (Fsp3) is 0.667. The van der Waals surface area contributed by atoms with Gasteiger partial charge in [0.2, 0.25) is 0 Å². The zero-order chi connectivity index (χ0) is 14.2. The molecule has 2 rings (SSSR count). The molecule has 0 spiro atoms. The van der Waals surface area contributed by atoms with Gasteiger partial charge >= 0.3 is 0 Å². The molecule has 2 nitrogen and oxygen atoms in total. The lowest BCUT2D eigenvalue weighted by Gasteiger charge is -2.28. The first-order valence-electron chi connectivity index (χ1n) is 8.25. The van der Waals surface area contributed by atoms with Gasteiger partial charge < -0.3 is 10.1 Å². The molecule has 2 atom stereocenters. The molecule has 1 aliphatic rings. The Balaban J connectivity index is 1.94. The van der Waals surface area contributed by atoms with Crippen molar-refractivity contribution in [2.45, 2.75) is 58.1 Å². The molecular formula is C18H29NO. The van der Waals surface area contributed by atoms with E-state index in [1.54, 1.807) is 0 Å². The van der Waals surface area contributed by atoms with E-state index in [0.717, 1.165) is 31.9 Å². The first kappa shape index (κ1) is 15.5. The van der Waals surface area contributed by atoms with Crippen LogP contribution in [0.4, 0.5) is 0 Å². The van der Waals surface area contributed by atoms with Crippen molar-refractivity contribution in [1.29, 1.82) is 0 Å². The molecular weight excluding hydrogens is 246 g/mol. The molecule has 1 aromatic rings. The highest BCUT2D eigenvalue weighted by molar-refractivity contribution is 5.20. The van der Waals surface area contributed by atoms with Crippen LogP contribution in [0.3, 0.4) is 0 Å². The lowest BCUT2D eigenvalue weighted by Crippen LogP contribution is -2.34. The molecule has 1 saturated carbocycles. The van der Waals surface area contributed by atoms with Gasteiger partial charge in [-0.2, -0.15) is 0 Å². The van der Waals surface area contributed by atoms with E-state index in [4.69, 9.17) is 4.74 Å². The maximum absolute atomic E-state index is 6.19. The topological polar surface area (TPSA) is 21.3 Å². The fourth-order valence-electron chi connectivity index (χ4n) is 2.67. The molecule has 0 amide bonds. The Kier molecular flexibility index (Phi) is 6.55. The minimum Gasteiger partial charge on any atom is -0.376 e. The first-order valence-corrected chi connectivity index (χ1v) is 8.25. The summed E-state index contributed by atoms with van der Waals surface area (Å²) in [7, 11) is 0. The smallest absolute Gasteiger partial charge is 0.0767 e. The van der Waals surface area contributed by atoms with Gasteiger partial charge in [0.05, 0.1) is 12.1 Å². The summed E-state index contributed by atoms with van der Waals surface area (Å²) in [5.74, 6) is 0.950. The molecule has 1 fully saturated rings. The molecule has 20 heavy (non-hydrogen) atoms. The van der Waals surface area contributed by atoms with Crippen LogP contribution in [0.5, 0.6) is 0 Å². The number of hydrogen-bond acceptors (Lipinski definition) is 2. The van der Waals surface area contributed by atoms with Gasteiger partial charge in [0, 0.05) is 6.61 Å². The van der Waals surface area contributed by atoms with Crippen LogP contribution in [0.2, 0.25) is 0 Å². The van der Waals surface area contributed by atoms with Crippen molar-refractivity contribution < 1.29 is 4.74 Å². The predicted octanol–water partition coefficient (Wildman–Crippen LogP) is 4.32. The number of nitrogens with one attached hydrogen (secondary N) is 1. The minimum absolute atomic E-state index is 0.280. The summed E-state index contributed by atoms with van der Waals surface area (Å²) in [5, 5.41) is 3.67. The van der Waals surface area contributed by atoms with Crippen molar-refractivity contribution in [3.05, 3.63) is 35.9 Å². The molecule has 2 unspecified atom stereocenters. The summed E-state index contributed by atoms with van der Waals surface area (Å²) in [6, 6.07) is 11.1. The summed E-state index contributed by atoms with van der Waals surface area (Å²) in [5.41, 5.74) is 1.35. The summed E-state index contributed by atoms with van der Waals surface area (Å²) in [6.07, 6.45) is 6.56. The molecule has 1 aliphatic carbocycles. The van der Waals surface area contributed by atoms with Gasteiger partial charge in [-0.3, -0.25) is 0 Å². The maximum Gasteiger partial charge on any atom is 0.0767 e. The van der Waals surface area contributed by atoms with E-state index in [1.807, 2.05) is 0 Å². The van der Waals surface area contributed by atoms with Crippen molar-refractivity contribution >= 4 is 0 Å². The van der Waals surface area contributed by atoms with E-state index in [0.29, 0.717) is 6.04 Å². The minimum atomic E-state index is 0.280. The summed E-state index contributed by atoms with van der Waals surface area (Å²) in [6.45, 7) is 6.40. The summed E-state index contributed by atoms with van der Waals surface area (Å²) >= 11 is 0. The molecule has 0 aromatic heterocycles. The Hall–Kier alpha value is -0.860. The number of ether oxygens (including phenoxy) is 1. The van der Waals surface area contributed by atoms with Crippen molar-refractivity contribution in [3.63, 3.8) is 0 Å². The SMILES string of the molecule is CCCNC(c1ccccc1)C(CC)OCCC1CC1. The van der Waals surface area contributed by atoms with E-state index < -0.39 is 0 Å². The molecule has 1 aromatic carbocycles. The molecule has 0 radical (unpaired) electrons. The van der Waals surface area contributed by atoms with Crippen LogP contribution in [-0.4, -0.2) is 19.3 Å². The van der Waals surface area contributed by atoms with Gasteiger partial charge in [-0.15, -0.1) is 0 Å². The second-order valence-corrected chi connectivity index (χ2v) is 5.89. The Morgan fingerprint density at radius 3 is 2.55 bits per heavy atom. The van der Waals surface area contributed by atoms with E-state index in [9.17, 15) is 0 Å². The third kappa shape index (κ3) is 4.92. The van der Waals surface area contributed by atoms with Crippen molar-refractivity contribution in [3.8, 4) is 0 Å². The highest BCUT2D eigenvalue weighted by atomic mass is 16.5. The van der Waals surface area contributed by atoms with Crippen molar-refractivity contribution in [1.82, 2.24) is 5.32 Å². The average Bonchev–Trinajstić information content (AvgIpc) is 3.31. The second kappa shape index (κ2) is 8.43. The van der Waals surface area contributed by atoms with Gasteiger partial charge in [0.1, 0.15) is 0 Å². The maximum atomic E-state index is 6.19. The third-order valence-corrected chi connectivity index (χ3v) is 4.10. The predicted molar refractivity (Wildman–Crippen MR) is 84.8 cm³/mol. The van der Waals surface area contributed by atoms with Crippen LogP contribution in [0.15, 0.2) is 30.3 Å². The highest BCUT2D eigenvalue weighted by Gasteiger charge is 2.24. The highest BCUT2D eigenvalue weighted by Crippen LogP contribution is 2.32. The second-order valence-electron chi connectivity index (χ2n) is 5.89. The summed E-state index contributed by atoms with van der Waals surface area (Å²) in [4.78, 5) is 0. The molecule has 112 valence electrons. The number of rotatable bonds is 10. The van der Waals surface area contributed by atoms with Crippen LogP contribution in [0.25, 0.3) is 0 Å². The standard InChI is InChI=1S/C18H29NO/c1-3-13-19-18(16-8-6-5-7-9-16)17(4-2)20-14-12-15-10-11-15/h5-9,15,17-19H,3-4,10-14H2,1-2H3. The number of benzene rings is 1. The molecule has 0 saturated heterocycles. The van der Waals surface area contributed by atoms with Crippen molar-refractivity contribution in [2.24, 2.45) is 5.92 Å². The monoisotopic (exact) mass is 275 g/mol. The van der Waals surface area contributed by atoms with Crippen LogP contribution in [0, 0.1) is 5.92 Å². The number of hydrogen-bond donors (Lipinski definition) is 1. The molecule has 0 heterocycles. The first-order chi connectivity index (χ1) is 9.85. The van der Waals surface area contributed by atoms with E-state index in [2.05, 4.69) is 49.5 Å². The van der Waals surface area contributed by atoms with E-state index >= 15 is 0 Å². The van der Waals surface area contributed by atoms with Crippen molar-refractivity contribution in [2.75, 3.05) is 13.2 Å². The zero-order valence-corrected chi connectivity index (χ0v) is 13.0. The van der Waals surface area contributed by atoms with Crippen LogP contribution in [-0.2, 0) is 4.74 Å².